The maximum absolute atomic E-state index is 13.2. The number of carbonyl (C=O) groups is 1. The third-order valence-corrected chi connectivity index (χ3v) is 8.37. The van der Waals surface area contributed by atoms with Crippen LogP contribution in [0, 0.1) is 12.8 Å². The van der Waals surface area contributed by atoms with E-state index in [0.717, 1.165) is 62.6 Å². The smallest absolute Gasteiger partial charge is 0.227 e. The van der Waals surface area contributed by atoms with Crippen molar-refractivity contribution in [2.45, 2.75) is 39.0 Å². The molecule has 2 aliphatic rings. The first-order valence-electron chi connectivity index (χ1n) is 13.8. The zero-order valence-electron chi connectivity index (χ0n) is 23.2. The van der Waals surface area contributed by atoms with Crippen molar-refractivity contribution >= 4 is 16.7 Å². The first-order chi connectivity index (χ1) is 18.5. The lowest BCUT2D eigenvalue weighted by Crippen LogP contribution is -2.44. The van der Waals surface area contributed by atoms with Gasteiger partial charge in [-0.3, -0.25) is 4.79 Å². The average Bonchev–Trinajstić information content (AvgIpc) is 3.09. The third kappa shape index (κ3) is 5.60. The number of aryl methyl sites for hydroxylation is 1. The molecule has 1 saturated heterocycles. The van der Waals surface area contributed by atoms with Crippen LogP contribution < -0.4 is 14.2 Å². The fourth-order valence-corrected chi connectivity index (χ4v) is 6.20. The number of fused-ring (bicyclic) bond motifs is 2. The van der Waals surface area contributed by atoms with Crippen LogP contribution in [-0.2, 0) is 24.1 Å². The van der Waals surface area contributed by atoms with E-state index in [1.165, 1.54) is 40.3 Å². The molecule has 3 aromatic carbocycles. The molecule has 0 aromatic heterocycles. The highest BCUT2D eigenvalue weighted by Crippen LogP contribution is 2.33. The lowest BCUT2D eigenvalue weighted by Gasteiger charge is -2.35. The molecule has 0 spiro atoms. The lowest BCUT2D eigenvalue weighted by atomic mass is 9.96. The van der Waals surface area contributed by atoms with Gasteiger partial charge in [0, 0.05) is 26.2 Å². The zero-order chi connectivity index (χ0) is 26.6. The number of nitrogens with zero attached hydrogens (tertiary/aromatic N) is 2. The molecule has 6 nitrogen and oxygen atoms in total. The van der Waals surface area contributed by atoms with E-state index in [0.29, 0.717) is 18.1 Å². The number of carbonyl (C=O) groups excluding carboxylic acids is 1. The van der Waals surface area contributed by atoms with E-state index in [1.807, 2.05) is 12.1 Å². The molecule has 6 heteroatoms. The molecule has 1 fully saturated rings. The van der Waals surface area contributed by atoms with Crippen LogP contribution in [0.1, 0.15) is 35.1 Å². The van der Waals surface area contributed by atoms with Crippen molar-refractivity contribution in [1.82, 2.24) is 9.80 Å². The van der Waals surface area contributed by atoms with E-state index >= 15 is 0 Å². The number of hydrogen-bond donors (Lipinski definition) is 0. The molecule has 1 atom stereocenters. The van der Waals surface area contributed by atoms with Gasteiger partial charge in [-0.1, -0.05) is 24.3 Å². The summed E-state index contributed by atoms with van der Waals surface area (Å²) in [5.41, 5.74) is 4.81. The number of piperidine rings is 1. The van der Waals surface area contributed by atoms with Crippen molar-refractivity contribution in [3.05, 3.63) is 64.7 Å². The molecule has 0 N–H and O–H groups in total. The maximum Gasteiger partial charge on any atom is 0.227 e. The predicted octanol–water partition coefficient (Wildman–Crippen LogP) is 5.06. The van der Waals surface area contributed by atoms with Crippen LogP contribution in [0.25, 0.3) is 10.8 Å². The van der Waals surface area contributed by atoms with Crippen LogP contribution in [0.2, 0.25) is 0 Å². The summed E-state index contributed by atoms with van der Waals surface area (Å²) < 4.78 is 16.4. The van der Waals surface area contributed by atoms with Gasteiger partial charge < -0.3 is 24.0 Å². The SMILES string of the molecule is COc1cc2c(cc1OC)CC(=O)N(CC1CCCN(CCc3ccc4c(C)c(OC)ccc4c3)C1)CC2. The molecule has 38 heavy (non-hydrogen) atoms. The molecule has 0 radical (unpaired) electrons. The molecule has 2 aliphatic heterocycles. The normalized spacial score (nSPS) is 18.3. The van der Waals surface area contributed by atoms with Gasteiger partial charge in [0.05, 0.1) is 27.8 Å². The Morgan fingerprint density at radius 3 is 2.42 bits per heavy atom. The Morgan fingerprint density at radius 1 is 0.895 bits per heavy atom. The lowest BCUT2D eigenvalue weighted by molar-refractivity contribution is -0.131. The van der Waals surface area contributed by atoms with Crippen molar-refractivity contribution in [2.75, 3.05) is 54.1 Å². The van der Waals surface area contributed by atoms with Gasteiger partial charge >= 0.3 is 0 Å². The Balaban J connectivity index is 1.18. The van der Waals surface area contributed by atoms with Crippen molar-refractivity contribution in [1.29, 1.82) is 0 Å². The van der Waals surface area contributed by atoms with Crippen LogP contribution in [0.4, 0.5) is 0 Å². The minimum atomic E-state index is 0.219. The van der Waals surface area contributed by atoms with Gasteiger partial charge in [0.2, 0.25) is 5.91 Å². The van der Waals surface area contributed by atoms with Crippen LogP contribution in [0.3, 0.4) is 0 Å². The van der Waals surface area contributed by atoms with Crippen LogP contribution >= 0.6 is 0 Å². The molecule has 3 aromatic rings. The number of rotatable bonds is 8. The van der Waals surface area contributed by atoms with Crippen molar-refractivity contribution in [2.24, 2.45) is 5.92 Å². The molecule has 1 amide bonds. The first-order valence-corrected chi connectivity index (χ1v) is 13.8. The number of hydrogen-bond acceptors (Lipinski definition) is 5. The van der Waals surface area contributed by atoms with Crippen LogP contribution in [0.5, 0.6) is 17.2 Å². The van der Waals surface area contributed by atoms with Crippen LogP contribution in [0.15, 0.2) is 42.5 Å². The highest BCUT2D eigenvalue weighted by molar-refractivity contribution is 5.88. The Bertz CT molecular complexity index is 1300. The Hall–Kier alpha value is -3.25. The highest BCUT2D eigenvalue weighted by Gasteiger charge is 2.27. The quantitative estimate of drug-likeness (QED) is 0.419. The molecule has 0 saturated carbocycles. The summed E-state index contributed by atoms with van der Waals surface area (Å²) in [6, 6.07) is 15.0. The minimum Gasteiger partial charge on any atom is -0.496 e. The van der Waals surface area contributed by atoms with E-state index in [-0.39, 0.29) is 5.91 Å². The van der Waals surface area contributed by atoms with Gasteiger partial charge in [-0.05, 0) is 96.3 Å². The van der Waals surface area contributed by atoms with E-state index in [1.54, 1.807) is 21.3 Å². The summed E-state index contributed by atoms with van der Waals surface area (Å²) in [4.78, 5) is 17.9. The monoisotopic (exact) mass is 516 g/mol. The zero-order valence-corrected chi connectivity index (χ0v) is 23.2. The largest absolute Gasteiger partial charge is 0.496 e. The average molecular weight is 517 g/mol. The van der Waals surface area contributed by atoms with Crippen molar-refractivity contribution in [3.8, 4) is 17.2 Å². The molecule has 5 rings (SSSR count). The summed E-state index contributed by atoms with van der Waals surface area (Å²) in [7, 11) is 5.03. The summed E-state index contributed by atoms with van der Waals surface area (Å²) in [5, 5.41) is 2.53. The second-order valence-electron chi connectivity index (χ2n) is 10.7. The number of ether oxygens (including phenoxy) is 3. The summed E-state index contributed by atoms with van der Waals surface area (Å²) in [6.07, 6.45) is 4.70. The van der Waals surface area contributed by atoms with Gasteiger partial charge in [-0.2, -0.15) is 0 Å². The first kappa shape index (κ1) is 26.4. The van der Waals surface area contributed by atoms with E-state index in [2.05, 4.69) is 47.1 Å². The fourth-order valence-electron chi connectivity index (χ4n) is 6.20. The van der Waals surface area contributed by atoms with Crippen molar-refractivity contribution in [3.63, 3.8) is 0 Å². The summed E-state index contributed by atoms with van der Waals surface area (Å²) in [5.74, 6) is 3.10. The Kier molecular flexibility index (Phi) is 8.08. The second kappa shape index (κ2) is 11.6. The summed E-state index contributed by atoms with van der Waals surface area (Å²) >= 11 is 0. The standard InChI is InChI=1S/C32H40N2O4/c1-22-28-9-7-23(16-26(28)8-10-29(22)36-2)11-14-33-13-5-6-24(20-33)21-34-15-12-25-17-30(37-3)31(38-4)18-27(25)19-32(34)35/h7-10,16-18,24H,5-6,11-15,19-21H2,1-4H3. The van der Waals surface area contributed by atoms with Crippen LogP contribution in [-0.4, -0.2) is 69.8 Å². The molecular weight excluding hydrogens is 476 g/mol. The van der Waals surface area contributed by atoms with E-state index in [4.69, 9.17) is 14.2 Å². The number of benzene rings is 3. The van der Waals surface area contributed by atoms with Gasteiger partial charge in [0.1, 0.15) is 5.75 Å². The fraction of sp³-hybridized carbons (Fsp3) is 0.469. The van der Waals surface area contributed by atoms with Gasteiger partial charge in [0.15, 0.2) is 11.5 Å². The molecule has 2 heterocycles. The second-order valence-corrected chi connectivity index (χ2v) is 10.7. The minimum absolute atomic E-state index is 0.219. The number of likely N-dealkylation sites (tertiary alicyclic amines) is 1. The molecule has 0 bridgehead atoms. The number of amides is 1. The molecule has 202 valence electrons. The van der Waals surface area contributed by atoms with Gasteiger partial charge in [-0.25, -0.2) is 0 Å². The van der Waals surface area contributed by atoms with Crippen molar-refractivity contribution < 1.29 is 19.0 Å². The molecule has 0 aliphatic carbocycles. The highest BCUT2D eigenvalue weighted by atomic mass is 16.5. The maximum atomic E-state index is 13.2. The van der Waals surface area contributed by atoms with E-state index in [9.17, 15) is 4.79 Å². The summed E-state index contributed by atoms with van der Waals surface area (Å²) in [6.45, 7) is 6.97. The van der Waals surface area contributed by atoms with Gasteiger partial charge in [0.25, 0.3) is 0 Å². The molecule has 1 unspecified atom stereocenters. The third-order valence-electron chi connectivity index (χ3n) is 8.37. The number of methoxy groups -OCH3 is 3. The van der Waals surface area contributed by atoms with E-state index < -0.39 is 0 Å². The molecular formula is C32H40N2O4. The predicted molar refractivity (Wildman–Crippen MR) is 152 cm³/mol. The van der Waals surface area contributed by atoms with Gasteiger partial charge in [-0.15, -0.1) is 0 Å². The Labute approximate surface area is 226 Å². The topological polar surface area (TPSA) is 51.2 Å². The Morgan fingerprint density at radius 2 is 1.66 bits per heavy atom.